The predicted molar refractivity (Wildman–Crippen MR) is 65.9 cm³/mol. The number of anilines is 2. The number of hydrogen-bond acceptors (Lipinski definition) is 4. The first-order valence-corrected chi connectivity index (χ1v) is 5.15. The third-order valence-corrected chi connectivity index (χ3v) is 2.49. The fourth-order valence-corrected chi connectivity index (χ4v) is 1.53. The molecule has 0 aliphatic rings. The van der Waals surface area contributed by atoms with Gasteiger partial charge in [0.05, 0.1) is 11.4 Å². The van der Waals surface area contributed by atoms with Crippen LogP contribution >= 0.6 is 0 Å². The van der Waals surface area contributed by atoms with Gasteiger partial charge < -0.3 is 20.6 Å². The molecule has 0 spiro atoms. The number of hydrogen-bond donors (Lipinski definition) is 4. The van der Waals surface area contributed by atoms with Crippen LogP contribution in [0.4, 0.5) is 11.4 Å². The first kappa shape index (κ1) is 11.1. The van der Waals surface area contributed by atoms with Crippen LogP contribution in [0.15, 0.2) is 36.4 Å². The van der Waals surface area contributed by atoms with Gasteiger partial charge in [0.25, 0.3) is 0 Å². The van der Waals surface area contributed by atoms with Crippen molar-refractivity contribution in [2.45, 2.75) is 6.92 Å². The van der Waals surface area contributed by atoms with Gasteiger partial charge in [0.15, 0.2) is 0 Å². The molecular formula is C13H13NO3. The maximum atomic E-state index is 9.81. The average molecular weight is 231 g/mol. The fourth-order valence-electron chi connectivity index (χ4n) is 1.53. The predicted octanol–water partition coefficient (Wildman–Crippen LogP) is 2.86. The lowest BCUT2D eigenvalue weighted by Gasteiger charge is -2.11. The molecule has 0 amide bonds. The van der Waals surface area contributed by atoms with Crippen LogP contribution in [0.3, 0.4) is 0 Å². The van der Waals surface area contributed by atoms with Gasteiger partial charge in [0.2, 0.25) is 0 Å². The van der Waals surface area contributed by atoms with Crippen LogP contribution in [0.2, 0.25) is 0 Å². The third-order valence-electron chi connectivity index (χ3n) is 2.49. The zero-order valence-corrected chi connectivity index (χ0v) is 9.31. The normalized spacial score (nSPS) is 10.2. The van der Waals surface area contributed by atoms with E-state index in [4.69, 9.17) is 0 Å². The maximum absolute atomic E-state index is 9.81. The van der Waals surface area contributed by atoms with E-state index in [0.29, 0.717) is 11.4 Å². The molecule has 88 valence electrons. The molecule has 0 radical (unpaired) electrons. The van der Waals surface area contributed by atoms with E-state index < -0.39 is 0 Å². The van der Waals surface area contributed by atoms with Crippen molar-refractivity contribution < 1.29 is 15.3 Å². The molecule has 4 N–H and O–H groups in total. The van der Waals surface area contributed by atoms with Gasteiger partial charge in [-0.3, -0.25) is 0 Å². The van der Waals surface area contributed by atoms with Gasteiger partial charge in [-0.2, -0.15) is 0 Å². The molecule has 4 heteroatoms. The molecule has 0 aliphatic carbocycles. The van der Waals surface area contributed by atoms with Crippen molar-refractivity contribution in [3.8, 4) is 17.2 Å². The van der Waals surface area contributed by atoms with Crippen molar-refractivity contribution in [1.29, 1.82) is 0 Å². The van der Waals surface area contributed by atoms with E-state index in [-0.39, 0.29) is 17.2 Å². The summed E-state index contributed by atoms with van der Waals surface area (Å²) in [6, 6.07) is 9.41. The molecular weight excluding hydrogens is 218 g/mol. The van der Waals surface area contributed by atoms with Gasteiger partial charge >= 0.3 is 0 Å². The number of para-hydroxylation sites is 1. The number of aryl methyl sites for hydroxylation is 1. The molecule has 2 aromatic rings. The molecule has 0 heterocycles. The summed E-state index contributed by atoms with van der Waals surface area (Å²) in [4.78, 5) is 0. The Labute approximate surface area is 98.8 Å². The number of phenols is 3. The minimum absolute atomic E-state index is 0.00343. The zero-order chi connectivity index (χ0) is 12.4. The molecule has 4 nitrogen and oxygen atoms in total. The van der Waals surface area contributed by atoms with Crippen LogP contribution in [-0.4, -0.2) is 15.3 Å². The molecule has 0 aliphatic heterocycles. The second kappa shape index (κ2) is 4.25. The highest BCUT2D eigenvalue weighted by atomic mass is 16.3. The monoisotopic (exact) mass is 231 g/mol. The highest BCUT2D eigenvalue weighted by molar-refractivity contribution is 5.72. The van der Waals surface area contributed by atoms with E-state index >= 15 is 0 Å². The van der Waals surface area contributed by atoms with Crippen LogP contribution in [0.1, 0.15) is 5.56 Å². The highest BCUT2D eigenvalue weighted by Crippen LogP contribution is 2.34. The average Bonchev–Trinajstić information content (AvgIpc) is 2.30. The number of benzene rings is 2. The second-order valence-corrected chi connectivity index (χ2v) is 3.80. The lowest BCUT2D eigenvalue weighted by Crippen LogP contribution is -1.92. The molecule has 0 atom stereocenters. The number of nitrogens with one attached hydrogen (secondary N) is 1. The van der Waals surface area contributed by atoms with Gasteiger partial charge in [0, 0.05) is 6.07 Å². The van der Waals surface area contributed by atoms with Crippen LogP contribution in [0.25, 0.3) is 0 Å². The van der Waals surface area contributed by atoms with Crippen molar-refractivity contribution in [1.82, 2.24) is 0 Å². The van der Waals surface area contributed by atoms with Crippen LogP contribution in [0, 0.1) is 6.92 Å². The Bertz CT molecular complexity index is 552. The Morgan fingerprint density at radius 3 is 2.47 bits per heavy atom. The Morgan fingerprint density at radius 1 is 0.941 bits per heavy atom. The van der Waals surface area contributed by atoms with Crippen molar-refractivity contribution in [3.05, 3.63) is 42.0 Å². The topological polar surface area (TPSA) is 72.7 Å². The van der Waals surface area contributed by atoms with E-state index in [1.807, 2.05) is 0 Å². The van der Waals surface area contributed by atoms with E-state index in [9.17, 15) is 15.3 Å². The minimum atomic E-state index is 0.00343. The molecule has 2 aromatic carbocycles. The van der Waals surface area contributed by atoms with Crippen molar-refractivity contribution >= 4 is 11.4 Å². The van der Waals surface area contributed by atoms with E-state index in [1.165, 1.54) is 18.2 Å². The smallest absolute Gasteiger partial charge is 0.141 e. The molecule has 17 heavy (non-hydrogen) atoms. The quantitative estimate of drug-likeness (QED) is 0.473. The summed E-state index contributed by atoms with van der Waals surface area (Å²) in [5.41, 5.74) is 1.55. The van der Waals surface area contributed by atoms with Gasteiger partial charge in [-0.25, -0.2) is 0 Å². The number of phenolic OH excluding ortho intramolecular Hbond substituents is 3. The summed E-state index contributed by atoms with van der Waals surface area (Å²) in [5, 5.41) is 31.6. The Morgan fingerprint density at radius 2 is 1.71 bits per heavy atom. The Balaban J connectivity index is 2.38. The number of aromatic hydroxyl groups is 3. The van der Waals surface area contributed by atoms with Crippen LogP contribution < -0.4 is 5.32 Å². The minimum Gasteiger partial charge on any atom is -0.508 e. The molecule has 0 bridgehead atoms. The van der Waals surface area contributed by atoms with E-state index in [1.54, 1.807) is 25.1 Å². The summed E-state index contributed by atoms with van der Waals surface area (Å²) in [6.45, 7) is 1.78. The molecule has 2 rings (SSSR count). The second-order valence-electron chi connectivity index (χ2n) is 3.80. The largest absolute Gasteiger partial charge is 0.508 e. The van der Waals surface area contributed by atoms with Crippen molar-refractivity contribution in [2.24, 2.45) is 0 Å². The van der Waals surface area contributed by atoms with Crippen LogP contribution in [-0.2, 0) is 0 Å². The number of rotatable bonds is 2. The Hall–Kier alpha value is -2.36. The molecule has 0 saturated heterocycles. The van der Waals surface area contributed by atoms with E-state index in [2.05, 4.69) is 5.32 Å². The first-order chi connectivity index (χ1) is 8.08. The Kier molecular flexibility index (Phi) is 2.78. The van der Waals surface area contributed by atoms with Crippen LogP contribution in [0.5, 0.6) is 17.2 Å². The highest BCUT2D eigenvalue weighted by Gasteiger charge is 2.07. The molecule has 0 aromatic heterocycles. The summed E-state index contributed by atoms with van der Waals surface area (Å²) in [7, 11) is 0. The van der Waals surface area contributed by atoms with Gasteiger partial charge in [0.1, 0.15) is 17.2 Å². The standard InChI is InChI=1S/C13H13NO3/c1-8-3-2-4-10(13(8)17)14-11-7-9(15)5-6-12(11)16/h2-7,14-17H,1H3. The zero-order valence-electron chi connectivity index (χ0n) is 9.31. The van der Waals surface area contributed by atoms with Gasteiger partial charge in [-0.15, -0.1) is 0 Å². The fraction of sp³-hybridized carbons (Fsp3) is 0.0769. The third kappa shape index (κ3) is 2.25. The van der Waals surface area contributed by atoms with Crippen molar-refractivity contribution in [3.63, 3.8) is 0 Å². The molecule has 0 fully saturated rings. The summed E-state index contributed by atoms with van der Waals surface area (Å²) in [6.07, 6.45) is 0. The van der Waals surface area contributed by atoms with Gasteiger partial charge in [-0.1, -0.05) is 12.1 Å². The van der Waals surface area contributed by atoms with Crippen molar-refractivity contribution in [2.75, 3.05) is 5.32 Å². The van der Waals surface area contributed by atoms with E-state index in [0.717, 1.165) is 5.56 Å². The van der Waals surface area contributed by atoms with Gasteiger partial charge in [-0.05, 0) is 30.7 Å². The summed E-state index contributed by atoms with van der Waals surface area (Å²) >= 11 is 0. The summed E-state index contributed by atoms with van der Waals surface area (Å²) < 4.78 is 0. The lowest BCUT2D eigenvalue weighted by atomic mass is 10.2. The molecule has 0 unspecified atom stereocenters. The summed E-state index contributed by atoms with van der Waals surface area (Å²) in [5.74, 6) is 0.163. The lowest BCUT2D eigenvalue weighted by molar-refractivity contribution is 0.461. The maximum Gasteiger partial charge on any atom is 0.141 e. The molecule has 0 saturated carbocycles. The first-order valence-electron chi connectivity index (χ1n) is 5.15. The SMILES string of the molecule is Cc1cccc(Nc2cc(O)ccc2O)c1O.